The predicted molar refractivity (Wildman–Crippen MR) is 88.5 cm³/mol. The average molecular weight is 302 g/mol. The molecule has 21 heavy (non-hydrogen) atoms. The third-order valence-electron chi connectivity index (χ3n) is 3.01. The molecule has 1 amide bonds. The summed E-state index contributed by atoms with van der Waals surface area (Å²) in [5.74, 6) is 0.583. The van der Waals surface area contributed by atoms with Crippen molar-refractivity contribution in [3.63, 3.8) is 0 Å². The average Bonchev–Trinajstić information content (AvgIpc) is 2.52. The van der Waals surface area contributed by atoms with Gasteiger partial charge in [0.2, 0.25) is 0 Å². The summed E-state index contributed by atoms with van der Waals surface area (Å²) in [7, 11) is 0. The van der Waals surface area contributed by atoms with Gasteiger partial charge in [0.25, 0.3) is 5.91 Å². The summed E-state index contributed by atoms with van der Waals surface area (Å²) in [5, 5.41) is 5.00. The number of pyridine rings is 1. The molecule has 0 aliphatic rings. The van der Waals surface area contributed by atoms with E-state index in [0.717, 1.165) is 22.2 Å². The number of amides is 1. The van der Waals surface area contributed by atoms with Crippen LogP contribution in [0.2, 0.25) is 0 Å². The lowest BCUT2D eigenvalue weighted by Crippen LogP contribution is -2.38. The fourth-order valence-electron chi connectivity index (χ4n) is 1.86. The molecule has 1 aromatic carbocycles. The normalized spacial score (nSPS) is 12.7. The SMILES string of the molecule is CSCC[C@H](N)C(=O)N/N=C\c1cccc2cccnc12. The Morgan fingerprint density at radius 2 is 2.29 bits per heavy atom. The first-order valence-corrected chi connectivity index (χ1v) is 8.03. The molecule has 3 N–H and O–H groups in total. The molecule has 2 rings (SSSR count). The number of fused-ring (bicyclic) bond motifs is 1. The molecule has 0 radical (unpaired) electrons. The predicted octanol–water partition coefficient (Wildman–Crippen LogP) is 1.77. The molecule has 2 aromatic rings. The Morgan fingerprint density at radius 3 is 3.10 bits per heavy atom. The molecule has 1 atom stereocenters. The van der Waals surface area contributed by atoms with Crippen LogP contribution in [-0.4, -0.2) is 35.2 Å². The molecule has 0 fully saturated rings. The van der Waals surface area contributed by atoms with E-state index in [1.807, 2.05) is 36.6 Å². The number of carbonyl (C=O) groups excluding carboxylic acids is 1. The van der Waals surface area contributed by atoms with Gasteiger partial charge >= 0.3 is 0 Å². The first kappa shape index (κ1) is 15.5. The molecular weight excluding hydrogens is 284 g/mol. The molecule has 0 spiro atoms. The van der Waals surface area contributed by atoms with Gasteiger partial charge in [-0.05, 0) is 24.5 Å². The highest BCUT2D eigenvalue weighted by atomic mass is 32.2. The van der Waals surface area contributed by atoms with Crippen molar-refractivity contribution in [1.29, 1.82) is 0 Å². The van der Waals surface area contributed by atoms with Gasteiger partial charge in [-0.25, -0.2) is 5.43 Å². The Balaban J connectivity index is 2.02. The van der Waals surface area contributed by atoms with Crippen LogP contribution in [0, 0.1) is 0 Å². The minimum atomic E-state index is -0.528. The topological polar surface area (TPSA) is 80.4 Å². The van der Waals surface area contributed by atoms with Crippen molar-refractivity contribution in [3.8, 4) is 0 Å². The van der Waals surface area contributed by atoms with Gasteiger partial charge in [-0.2, -0.15) is 16.9 Å². The van der Waals surface area contributed by atoms with E-state index in [4.69, 9.17) is 5.73 Å². The van der Waals surface area contributed by atoms with Crippen LogP contribution in [0.3, 0.4) is 0 Å². The number of aromatic nitrogens is 1. The van der Waals surface area contributed by atoms with E-state index in [2.05, 4.69) is 15.5 Å². The van der Waals surface area contributed by atoms with Crippen LogP contribution in [-0.2, 0) is 4.79 Å². The first-order chi connectivity index (χ1) is 10.2. The minimum Gasteiger partial charge on any atom is -0.320 e. The van der Waals surface area contributed by atoms with Crippen LogP contribution in [0.15, 0.2) is 41.6 Å². The molecule has 1 heterocycles. The summed E-state index contributed by atoms with van der Waals surface area (Å²) in [6.45, 7) is 0. The number of benzene rings is 1. The maximum absolute atomic E-state index is 11.7. The van der Waals surface area contributed by atoms with Gasteiger partial charge in [0.1, 0.15) is 0 Å². The second kappa shape index (κ2) is 7.75. The molecule has 0 saturated carbocycles. The molecule has 0 saturated heterocycles. The quantitative estimate of drug-likeness (QED) is 0.629. The van der Waals surface area contributed by atoms with Crippen molar-refractivity contribution in [2.24, 2.45) is 10.8 Å². The summed E-state index contributed by atoms with van der Waals surface area (Å²) < 4.78 is 0. The van der Waals surface area contributed by atoms with E-state index in [0.29, 0.717) is 6.42 Å². The van der Waals surface area contributed by atoms with Crippen molar-refractivity contribution in [3.05, 3.63) is 42.1 Å². The number of carbonyl (C=O) groups is 1. The first-order valence-electron chi connectivity index (χ1n) is 6.63. The van der Waals surface area contributed by atoms with Crippen molar-refractivity contribution in [1.82, 2.24) is 10.4 Å². The van der Waals surface area contributed by atoms with Crippen molar-refractivity contribution >= 4 is 34.8 Å². The van der Waals surface area contributed by atoms with Gasteiger partial charge in [0.05, 0.1) is 17.8 Å². The lowest BCUT2D eigenvalue weighted by Gasteiger charge is -2.08. The van der Waals surface area contributed by atoms with Crippen LogP contribution in [0.5, 0.6) is 0 Å². The third kappa shape index (κ3) is 4.27. The molecular formula is C15H18N4OS. The number of hydrogen-bond acceptors (Lipinski definition) is 5. The van der Waals surface area contributed by atoms with Gasteiger partial charge in [0, 0.05) is 17.1 Å². The number of nitrogens with two attached hydrogens (primary N) is 1. The zero-order chi connectivity index (χ0) is 15.1. The fourth-order valence-corrected chi connectivity index (χ4v) is 2.35. The smallest absolute Gasteiger partial charge is 0.256 e. The number of nitrogens with zero attached hydrogens (tertiary/aromatic N) is 2. The lowest BCUT2D eigenvalue weighted by molar-refractivity contribution is -0.122. The molecule has 6 heteroatoms. The van der Waals surface area contributed by atoms with E-state index in [9.17, 15) is 4.79 Å². The van der Waals surface area contributed by atoms with Crippen molar-refractivity contribution in [2.45, 2.75) is 12.5 Å². The number of thioether (sulfide) groups is 1. The maximum atomic E-state index is 11.7. The molecule has 1 aromatic heterocycles. The molecule has 0 bridgehead atoms. The van der Waals surface area contributed by atoms with Crippen LogP contribution in [0.1, 0.15) is 12.0 Å². The molecule has 5 nitrogen and oxygen atoms in total. The monoisotopic (exact) mass is 302 g/mol. The number of hydrazone groups is 1. The van der Waals surface area contributed by atoms with E-state index in [1.165, 1.54) is 0 Å². The lowest BCUT2D eigenvalue weighted by atomic mass is 10.1. The Morgan fingerprint density at radius 1 is 1.48 bits per heavy atom. The second-order valence-electron chi connectivity index (χ2n) is 4.54. The van der Waals surface area contributed by atoms with Crippen LogP contribution < -0.4 is 11.2 Å². The summed E-state index contributed by atoms with van der Waals surface area (Å²) in [5.41, 5.74) is 9.94. The molecule has 110 valence electrons. The van der Waals surface area contributed by atoms with Gasteiger partial charge < -0.3 is 5.73 Å². The Hall–Kier alpha value is -1.92. The largest absolute Gasteiger partial charge is 0.320 e. The van der Waals surface area contributed by atoms with E-state index in [1.54, 1.807) is 24.2 Å². The van der Waals surface area contributed by atoms with Gasteiger partial charge in [-0.15, -0.1) is 0 Å². The number of rotatable bonds is 6. The van der Waals surface area contributed by atoms with E-state index >= 15 is 0 Å². The maximum Gasteiger partial charge on any atom is 0.256 e. The summed E-state index contributed by atoms with van der Waals surface area (Å²) in [6.07, 6.45) is 5.94. The standard InChI is InChI=1S/C15H18N4OS/c1-21-9-7-13(16)15(20)19-18-10-12-5-2-4-11-6-3-8-17-14(11)12/h2-6,8,10,13H,7,9,16H2,1H3,(H,19,20)/b18-10-/t13-/m0/s1. The van der Waals surface area contributed by atoms with E-state index in [-0.39, 0.29) is 5.91 Å². The molecule has 0 unspecified atom stereocenters. The fraction of sp³-hybridized carbons (Fsp3) is 0.267. The van der Waals surface area contributed by atoms with Crippen molar-refractivity contribution < 1.29 is 4.79 Å². The Labute approximate surface area is 128 Å². The summed E-state index contributed by atoms with van der Waals surface area (Å²) in [4.78, 5) is 16.1. The van der Waals surface area contributed by atoms with Gasteiger partial charge in [0.15, 0.2) is 0 Å². The third-order valence-corrected chi connectivity index (χ3v) is 3.66. The highest BCUT2D eigenvalue weighted by Crippen LogP contribution is 2.13. The highest BCUT2D eigenvalue weighted by Gasteiger charge is 2.11. The van der Waals surface area contributed by atoms with Gasteiger partial charge in [-0.1, -0.05) is 24.3 Å². The zero-order valence-electron chi connectivity index (χ0n) is 11.8. The van der Waals surface area contributed by atoms with Crippen LogP contribution in [0.25, 0.3) is 10.9 Å². The zero-order valence-corrected chi connectivity index (χ0v) is 12.6. The highest BCUT2D eigenvalue weighted by molar-refractivity contribution is 7.98. The number of para-hydroxylation sites is 1. The van der Waals surface area contributed by atoms with Crippen molar-refractivity contribution in [2.75, 3.05) is 12.0 Å². The Bertz CT molecular complexity index is 639. The van der Waals surface area contributed by atoms with Crippen LogP contribution in [0.4, 0.5) is 0 Å². The number of nitrogens with one attached hydrogen (secondary N) is 1. The molecule has 0 aliphatic heterocycles. The second-order valence-corrected chi connectivity index (χ2v) is 5.53. The number of hydrogen-bond donors (Lipinski definition) is 2. The van der Waals surface area contributed by atoms with E-state index < -0.39 is 6.04 Å². The summed E-state index contributed by atoms with van der Waals surface area (Å²) >= 11 is 1.66. The summed E-state index contributed by atoms with van der Waals surface area (Å²) in [6, 6.07) is 9.15. The minimum absolute atomic E-state index is 0.270. The van der Waals surface area contributed by atoms with Gasteiger partial charge in [-0.3, -0.25) is 9.78 Å². The molecule has 0 aliphatic carbocycles. The Kier molecular flexibility index (Phi) is 5.71. The van der Waals surface area contributed by atoms with Crippen LogP contribution >= 0.6 is 11.8 Å².